The van der Waals surface area contributed by atoms with Gasteiger partial charge in [-0.15, -0.1) is 0 Å². The Bertz CT molecular complexity index is 367. The number of hydrogen-bond donors (Lipinski definition) is 2. The van der Waals surface area contributed by atoms with Gasteiger partial charge in [-0.05, 0) is 45.1 Å². The van der Waals surface area contributed by atoms with E-state index in [1.807, 2.05) is 12.4 Å². The molecule has 2 rings (SSSR count). The fourth-order valence-electron chi connectivity index (χ4n) is 2.80. The number of allylic oxidation sites excluding steroid dienone is 2. The normalized spacial score (nSPS) is 26.6. The molecule has 1 aliphatic rings. The topological polar surface area (TPSA) is 40.7 Å². The number of imidazole rings is 1. The summed E-state index contributed by atoms with van der Waals surface area (Å²) in [6, 6.07) is 0.312. The molecule has 1 aromatic heterocycles. The molecule has 94 valence electrons. The highest BCUT2D eigenvalue weighted by atomic mass is 15.0. The van der Waals surface area contributed by atoms with Crippen LogP contribution in [0.15, 0.2) is 24.0 Å². The van der Waals surface area contributed by atoms with Crippen molar-refractivity contribution in [2.24, 2.45) is 11.8 Å². The van der Waals surface area contributed by atoms with Crippen molar-refractivity contribution in [1.29, 1.82) is 0 Å². The molecule has 2 N–H and O–H groups in total. The zero-order valence-electron chi connectivity index (χ0n) is 11.0. The first kappa shape index (κ1) is 12.4. The van der Waals surface area contributed by atoms with Crippen LogP contribution in [0.3, 0.4) is 0 Å². The Hall–Kier alpha value is -1.09. The second-order valence-corrected chi connectivity index (χ2v) is 5.40. The van der Waals surface area contributed by atoms with E-state index >= 15 is 0 Å². The number of rotatable bonds is 4. The van der Waals surface area contributed by atoms with Crippen molar-refractivity contribution in [2.75, 3.05) is 6.54 Å². The Morgan fingerprint density at radius 1 is 1.59 bits per heavy atom. The Morgan fingerprint density at radius 3 is 3.06 bits per heavy atom. The molecule has 3 atom stereocenters. The monoisotopic (exact) mass is 233 g/mol. The molecule has 3 unspecified atom stereocenters. The van der Waals surface area contributed by atoms with Crippen molar-refractivity contribution >= 4 is 0 Å². The third-order valence-corrected chi connectivity index (χ3v) is 3.53. The lowest BCUT2D eigenvalue weighted by Gasteiger charge is -2.26. The summed E-state index contributed by atoms with van der Waals surface area (Å²) in [5.74, 6) is 2.53. The average Bonchev–Trinajstić information content (AvgIpc) is 2.78. The quantitative estimate of drug-likeness (QED) is 0.785. The molecular weight excluding hydrogens is 210 g/mol. The molecular formula is C14H23N3. The Morgan fingerprint density at radius 2 is 2.41 bits per heavy atom. The van der Waals surface area contributed by atoms with E-state index in [-0.39, 0.29) is 0 Å². The van der Waals surface area contributed by atoms with Gasteiger partial charge in [-0.3, -0.25) is 0 Å². The van der Waals surface area contributed by atoms with E-state index in [0.717, 1.165) is 24.2 Å². The zero-order chi connectivity index (χ0) is 12.3. The van der Waals surface area contributed by atoms with Crippen LogP contribution in [-0.4, -0.2) is 16.5 Å². The Balaban J connectivity index is 1.81. The summed E-state index contributed by atoms with van der Waals surface area (Å²) in [5, 5.41) is 3.57. The van der Waals surface area contributed by atoms with Crippen molar-refractivity contribution in [2.45, 2.75) is 39.7 Å². The molecule has 0 aliphatic heterocycles. The molecule has 1 heterocycles. The third kappa shape index (κ3) is 3.43. The summed E-state index contributed by atoms with van der Waals surface area (Å²) in [6.07, 6.45) is 8.63. The molecule has 0 saturated heterocycles. The molecule has 0 radical (unpaired) electrons. The standard InChI is InChI=1S/C14H23N3/c1-10-6-11(2)8-13(7-10)9-17-12(3)14-15-4-5-16-14/h4-6,10,12-13,17H,7-9H2,1-3H3,(H,15,16). The van der Waals surface area contributed by atoms with Crippen LogP contribution in [-0.2, 0) is 0 Å². The maximum absolute atomic E-state index is 4.28. The number of aromatic amines is 1. The fourth-order valence-corrected chi connectivity index (χ4v) is 2.80. The van der Waals surface area contributed by atoms with E-state index in [4.69, 9.17) is 0 Å². The first-order valence-electron chi connectivity index (χ1n) is 6.55. The molecule has 0 spiro atoms. The molecule has 0 amide bonds. The fraction of sp³-hybridized carbons (Fsp3) is 0.643. The summed E-state index contributed by atoms with van der Waals surface area (Å²) >= 11 is 0. The van der Waals surface area contributed by atoms with Gasteiger partial charge in [-0.1, -0.05) is 18.6 Å². The molecule has 0 aromatic carbocycles. The average molecular weight is 233 g/mol. The van der Waals surface area contributed by atoms with Gasteiger partial charge in [0.05, 0.1) is 6.04 Å². The van der Waals surface area contributed by atoms with Crippen LogP contribution in [0, 0.1) is 11.8 Å². The number of aromatic nitrogens is 2. The van der Waals surface area contributed by atoms with E-state index in [9.17, 15) is 0 Å². The second-order valence-electron chi connectivity index (χ2n) is 5.40. The van der Waals surface area contributed by atoms with Crippen LogP contribution in [0.1, 0.15) is 45.5 Å². The first-order chi connectivity index (χ1) is 8.15. The van der Waals surface area contributed by atoms with Crippen molar-refractivity contribution < 1.29 is 0 Å². The highest BCUT2D eigenvalue weighted by molar-refractivity contribution is 5.06. The van der Waals surface area contributed by atoms with Crippen LogP contribution in [0.2, 0.25) is 0 Å². The SMILES string of the molecule is CC1=CC(C)CC(CNC(C)c2ncc[nH]2)C1. The molecule has 0 bridgehead atoms. The van der Waals surface area contributed by atoms with Gasteiger partial charge in [-0.25, -0.2) is 4.98 Å². The van der Waals surface area contributed by atoms with Gasteiger partial charge < -0.3 is 10.3 Å². The highest BCUT2D eigenvalue weighted by Crippen LogP contribution is 2.27. The molecule has 1 aromatic rings. The van der Waals surface area contributed by atoms with Crippen LogP contribution >= 0.6 is 0 Å². The first-order valence-corrected chi connectivity index (χ1v) is 6.55. The van der Waals surface area contributed by atoms with Gasteiger partial charge in [-0.2, -0.15) is 0 Å². The lowest BCUT2D eigenvalue weighted by molar-refractivity contribution is 0.364. The van der Waals surface area contributed by atoms with Gasteiger partial charge in [0.1, 0.15) is 5.82 Å². The van der Waals surface area contributed by atoms with Crippen LogP contribution in [0.4, 0.5) is 0 Å². The minimum Gasteiger partial charge on any atom is -0.347 e. The summed E-state index contributed by atoms with van der Waals surface area (Å²) in [6.45, 7) is 7.80. The number of H-pyrrole nitrogens is 1. The Labute approximate surface area is 104 Å². The lowest BCUT2D eigenvalue weighted by atomic mass is 9.83. The van der Waals surface area contributed by atoms with E-state index in [2.05, 4.69) is 42.1 Å². The van der Waals surface area contributed by atoms with E-state index < -0.39 is 0 Å². The van der Waals surface area contributed by atoms with Crippen molar-refractivity contribution in [1.82, 2.24) is 15.3 Å². The molecule has 0 fully saturated rings. The molecule has 0 saturated carbocycles. The van der Waals surface area contributed by atoms with Crippen molar-refractivity contribution in [3.8, 4) is 0 Å². The molecule has 17 heavy (non-hydrogen) atoms. The van der Waals surface area contributed by atoms with Crippen molar-refractivity contribution in [3.63, 3.8) is 0 Å². The van der Waals surface area contributed by atoms with Gasteiger partial charge >= 0.3 is 0 Å². The predicted molar refractivity (Wildman–Crippen MR) is 70.7 cm³/mol. The largest absolute Gasteiger partial charge is 0.347 e. The maximum atomic E-state index is 4.28. The summed E-state index contributed by atoms with van der Waals surface area (Å²) in [7, 11) is 0. The number of nitrogens with zero attached hydrogens (tertiary/aromatic N) is 1. The third-order valence-electron chi connectivity index (χ3n) is 3.53. The molecule has 3 nitrogen and oxygen atoms in total. The summed E-state index contributed by atoms with van der Waals surface area (Å²) in [5.41, 5.74) is 1.54. The lowest BCUT2D eigenvalue weighted by Crippen LogP contribution is -2.28. The smallest absolute Gasteiger partial charge is 0.122 e. The molecule has 3 heteroatoms. The minimum atomic E-state index is 0.312. The van der Waals surface area contributed by atoms with Gasteiger partial charge in [0.15, 0.2) is 0 Å². The van der Waals surface area contributed by atoms with E-state index in [1.165, 1.54) is 12.8 Å². The van der Waals surface area contributed by atoms with Gasteiger partial charge in [0.25, 0.3) is 0 Å². The predicted octanol–water partition coefficient (Wildman–Crippen LogP) is 3.05. The molecule has 1 aliphatic carbocycles. The Kier molecular flexibility index (Phi) is 4.00. The zero-order valence-corrected chi connectivity index (χ0v) is 11.0. The van der Waals surface area contributed by atoms with Gasteiger partial charge in [0.2, 0.25) is 0 Å². The van der Waals surface area contributed by atoms with Crippen LogP contribution in [0.5, 0.6) is 0 Å². The summed E-state index contributed by atoms with van der Waals surface area (Å²) in [4.78, 5) is 7.44. The van der Waals surface area contributed by atoms with E-state index in [1.54, 1.807) is 5.57 Å². The summed E-state index contributed by atoms with van der Waals surface area (Å²) < 4.78 is 0. The van der Waals surface area contributed by atoms with Crippen molar-refractivity contribution in [3.05, 3.63) is 29.9 Å². The number of nitrogens with one attached hydrogen (secondary N) is 2. The van der Waals surface area contributed by atoms with Crippen LogP contribution in [0.25, 0.3) is 0 Å². The van der Waals surface area contributed by atoms with E-state index in [0.29, 0.717) is 6.04 Å². The highest BCUT2D eigenvalue weighted by Gasteiger charge is 2.18. The minimum absolute atomic E-state index is 0.312. The maximum Gasteiger partial charge on any atom is 0.122 e. The van der Waals surface area contributed by atoms with Crippen LogP contribution < -0.4 is 5.32 Å². The number of hydrogen-bond acceptors (Lipinski definition) is 2. The second kappa shape index (κ2) is 5.50. The van der Waals surface area contributed by atoms with Gasteiger partial charge in [0, 0.05) is 12.4 Å².